The van der Waals surface area contributed by atoms with Crippen LogP contribution in [0.15, 0.2) is 18.2 Å². The van der Waals surface area contributed by atoms with E-state index in [0.29, 0.717) is 16.9 Å². The van der Waals surface area contributed by atoms with Gasteiger partial charge in [0.2, 0.25) is 10.0 Å². The first-order valence-corrected chi connectivity index (χ1v) is 6.91. The lowest BCUT2D eigenvalue weighted by molar-refractivity contribution is 0.521. The molecule has 98 valence electrons. The van der Waals surface area contributed by atoms with E-state index in [-0.39, 0.29) is 12.3 Å². The minimum atomic E-state index is -3.20. The minimum Gasteiger partial charge on any atom is -0.398 e. The van der Waals surface area contributed by atoms with Gasteiger partial charge in [-0.15, -0.1) is 0 Å². The number of nitriles is 1. The maximum absolute atomic E-state index is 11.5. The minimum absolute atomic E-state index is 0.0000931. The molecule has 0 fully saturated rings. The molecule has 7 heteroatoms. The monoisotopic (exact) mass is 268 g/mol. The van der Waals surface area contributed by atoms with Gasteiger partial charge in [0.25, 0.3) is 0 Å². The van der Waals surface area contributed by atoms with Crippen molar-refractivity contribution < 1.29 is 8.42 Å². The Bertz CT molecular complexity index is 561. The molecule has 0 saturated carbocycles. The van der Waals surface area contributed by atoms with E-state index in [9.17, 15) is 8.42 Å². The van der Waals surface area contributed by atoms with Crippen LogP contribution in [0.3, 0.4) is 0 Å². The van der Waals surface area contributed by atoms with Gasteiger partial charge >= 0.3 is 0 Å². The highest BCUT2D eigenvalue weighted by Crippen LogP contribution is 2.16. The van der Waals surface area contributed by atoms with E-state index in [4.69, 9.17) is 11.0 Å². The van der Waals surface area contributed by atoms with Crippen molar-refractivity contribution in [2.24, 2.45) is 0 Å². The molecule has 0 bridgehead atoms. The average molecular weight is 268 g/mol. The summed E-state index contributed by atoms with van der Waals surface area (Å²) in [6, 6.07) is 6.86. The van der Waals surface area contributed by atoms with E-state index in [1.165, 1.54) is 18.4 Å². The summed E-state index contributed by atoms with van der Waals surface area (Å²) < 4.78 is 24.2. The van der Waals surface area contributed by atoms with Gasteiger partial charge in [0, 0.05) is 26.3 Å². The molecule has 0 unspecified atom stereocenters. The first-order valence-electron chi connectivity index (χ1n) is 5.30. The Morgan fingerprint density at radius 1 is 1.44 bits per heavy atom. The number of hydrogen-bond acceptors (Lipinski definition) is 5. The molecule has 3 N–H and O–H groups in total. The van der Waals surface area contributed by atoms with Gasteiger partial charge in [-0.3, -0.25) is 0 Å². The van der Waals surface area contributed by atoms with Gasteiger partial charge < -0.3 is 11.1 Å². The van der Waals surface area contributed by atoms with Crippen molar-refractivity contribution in [1.29, 1.82) is 5.26 Å². The topological polar surface area (TPSA) is 99.2 Å². The molecule has 0 aliphatic rings. The van der Waals surface area contributed by atoms with Crippen molar-refractivity contribution in [2.45, 2.75) is 0 Å². The zero-order valence-electron chi connectivity index (χ0n) is 10.3. The molecular formula is C11H16N4O2S. The van der Waals surface area contributed by atoms with Crippen LogP contribution in [0.1, 0.15) is 5.56 Å². The van der Waals surface area contributed by atoms with Gasteiger partial charge in [-0.1, -0.05) is 0 Å². The van der Waals surface area contributed by atoms with Crippen LogP contribution >= 0.6 is 0 Å². The Labute approximate surface area is 107 Å². The van der Waals surface area contributed by atoms with Crippen LogP contribution in [0.2, 0.25) is 0 Å². The normalized spacial score (nSPS) is 11.2. The standard InChI is InChI=1S/C11H16N4O2S/c1-15(2)18(16,17)6-5-14-10-4-3-9(8-12)11(13)7-10/h3-4,7,14H,5-6,13H2,1-2H3. The fourth-order valence-corrected chi connectivity index (χ4v) is 2.01. The largest absolute Gasteiger partial charge is 0.398 e. The lowest BCUT2D eigenvalue weighted by Gasteiger charge is -2.12. The second kappa shape index (κ2) is 5.71. The summed E-state index contributed by atoms with van der Waals surface area (Å²) in [5.74, 6) is -0.0000931. The molecule has 0 heterocycles. The van der Waals surface area contributed by atoms with Crippen LogP contribution in [0.4, 0.5) is 11.4 Å². The number of nitrogens with zero attached hydrogens (tertiary/aromatic N) is 2. The Kier molecular flexibility index (Phi) is 4.53. The van der Waals surface area contributed by atoms with Crippen molar-refractivity contribution >= 4 is 21.4 Å². The van der Waals surface area contributed by atoms with Gasteiger partial charge in [-0.25, -0.2) is 12.7 Å². The fourth-order valence-electron chi connectivity index (χ4n) is 1.28. The van der Waals surface area contributed by atoms with E-state index in [0.717, 1.165) is 0 Å². The Hall–Kier alpha value is -1.78. The predicted molar refractivity (Wildman–Crippen MR) is 71.5 cm³/mol. The van der Waals surface area contributed by atoms with Crippen LogP contribution in [-0.4, -0.2) is 39.1 Å². The van der Waals surface area contributed by atoms with Crippen molar-refractivity contribution in [2.75, 3.05) is 37.4 Å². The smallest absolute Gasteiger partial charge is 0.215 e. The van der Waals surface area contributed by atoms with E-state index < -0.39 is 10.0 Å². The molecule has 0 radical (unpaired) electrons. The molecule has 1 aromatic carbocycles. The van der Waals surface area contributed by atoms with Gasteiger partial charge in [0.1, 0.15) is 6.07 Å². The summed E-state index contributed by atoms with van der Waals surface area (Å²) in [6.45, 7) is 0.284. The predicted octanol–water partition coefficient (Wildman–Crippen LogP) is 0.444. The van der Waals surface area contributed by atoms with Gasteiger partial charge in [0.15, 0.2) is 0 Å². The van der Waals surface area contributed by atoms with E-state index in [1.54, 1.807) is 18.2 Å². The number of anilines is 2. The highest BCUT2D eigenvalue weighted by molar-refractivity contribution is 7.89. The van der Waals surface area contributed by atoms with Crippen LogP contribution in [0.25, 0.3) is 0 Å². The first kappa shape index (κ1) is 14.3. The molecule has 6 nitrogen and oxygen atoms in total. The van der Waals surface area contributed by atoms with Crippen molar-refractivity contribution in [1.82, 2.24) is 4.31 Å². The molecule has 18 heavy (non-hydrogen) atoms. The van der Waals surface area contributed by atoms with E-state index in [1.807, 2.05) is 6.07 Å². The van der Waals surface area contributed by atoms with Gasteiger partial charge in [-0.05, 0) is 18.2 Å². The summed E-state index contributed by atoms with van der Waals surface area (Å²) in [5, 5.41) is 11.7. The molecule has 0 spiro atoms. The number of benzene rings is 1. The highest BCUT2D eigenvalue weighted by Gasteiger charge is 2.12. The summed E-state index contributed by atoms with van der Waals surface area (Å²) in [6.07, 6.45) is 0. The molecule has 1 rings (SSSR count). The molecule has 0 aromatic heterocycles. The van der Waals surface area contributed by atoms with Crippen LogP contribution < -0.4 is 11.1 Å². The Morgan fingerprint density at radius 3 is 2.61 bits per heavy atom. The first-order chi connectivity index (χ1) is 8.36. The molecule has 0 aliphatic carbocycles. The molecule has 0 atom stereocenters. The molecule has 0 aliphatic heterocycles. The highest BCUT2D eigenvalue weighted by atomic mass is 32.2. The van der Waals surface area contributed by atoms with Crippen molar-refractivity contribution in [3.63, 3.8) is 0 Å². The second-order valence-corrected chi connectivity index (χ2v) is 6.24. The summed E-state index contributed by atoms with van der Waals surface area (Å²) in [7, 11) is -0.214. The number of sulfonamides is 1. The van der Waals surface area contributed by atoms with Crippen LogP contribution in [-0.2, 0) is 10.0 Å². The number of rotatable bonds is 5. The summed E-state index contributed by atoms with van der Waals surface area (Å²) >= 11 is 0. The third-order valence-corrected chi connectivity index (χ3v) is 4.25. The number of nitrogens with two attached hydrogens (primary N) is 1. The van der Waals surface area contributed by atoms with Crippen molar-refractivity contribution in [3.8, 4) is 6.07 Å². The molecule has 1 aromatic rings. The second-order valence-electron chi connectivity index (χ2n) is 3.94. The SMILES string of the molecule is CN(C)S(=O)(=O)CCNc1ccc(C#N)c(N)c1. The molecule has 0 amide bonds. The maximum Gasteiger partial charge on any atom is 0.215 e. The fraction of sp³-hybridized carbons (Fsp3) is 0.364. The van der Waals surface area contributed by atoms with Gasteiger partial charge in [0.05, 0.1) is 17.0 Å². The van der Waals surface area contributed by atoms with Crippen LogP contribution in [0.5, 0.6) is 0 Å². The van der Waals surface area contributed by atoms with Crippen molar-refractivity contribution in [3.05, 3.63) is 23.8 Å². The average Bonchev–Trinajstić information content (AvgIpc) is 2.29. The third-order valence-electron chi connectivity index (χ3n) is 2.42. The maximum atomic E-state index is 11.5. The van der Waals surface area contributed by atoms with Gasteiger partial charge in [-0.2, -0.15) is 5.26 Å². The number of nitrogen functional groups attached to an aromatic ring is 1. The number of hydrogen-bond donors (Lipinski definition) is 2. The number of nitrogens with one attached hydrogen (secondary N) is 1. The lowest BCUT2D eigenvalue weighted by atomic mass is 10.2. The Balaban J connectivity index is 2.61. The quantitative estimate of drug-likeness (QED) is 0.755. The third kappa shape index (κ3) is 3.61. The van der Waals surface area contributed by atoms with Crippen LogP contribution in [0, 0.1) is 11.3 Å². The molecular weight excluding hydrogens is 252 g/mol. The lowest BCUT2D eigenvalue weighted by Crippen LogP contribution is -2.28. The summed E-state index contributed by atoms with van der Waals surface area (Å²) in [4.78, 5) is 0. The zero-order valence-corrected chi connectivity index (χ0v) is 11.2. The van der Waals surface area contributed by atoms with E-state index in [2.05, 4.69) is 5.32 Å². The molecule has 0 saturated heterocycles. The zero-order chi connectivity index (χ0) is 13.8. The van der Waals surface area contributed by atoms with E-state index >= 15 is 0 Å². The summed E-state index contributed by atoms with van der Waals surface area (Å²) in [5.41, 5.74) is 7.12. The Morgan fingerprint density at radius 2 is 2.11 bits per heavy atom.